The summed E-state index contributed by atoms with van der Waals surface area (Å²) < 4.78 is 5.80. The molecule has 4 bridgehead atoms. The Morgan fingerprint density at radius 1 is 1.28 bits per heavy atom. The lowest BCUT2D eigenvalue weighted by Crippen LogP contribution is -2.82. The third-order valence-electron chi connectivity index (χ3n) is 8.14. The van der Waals surface area contributed by atoms with Crippen molar-refractivity contribution in [1.29, 1.82) is 0 Å². The highest BCUT2D eigenvalue weighted by molar-refractivity contribution is 6.06. The highest BCUT2D eigenvalue weighted by atomic mass is 16.6. The number of aliphatic hydroxyl groups excluding tert-OH is 1. The Morgan fingerprint density at radius 2 is 2.00 bits per heavy atom. The van der Waals surface area contributed by atoms with E-state index in [0.717, 1.165) is 6.42 Å². The number of ketones is 2. The third kappa shape index (κ3) is 1.36. The Bertz CT molecular complexity index is 766. The van der Waals surface area contributed by atoms with Crippen LogP contribution in [0.5, 0.6) is 0 Å². The van der Waals surface area contributed by atoms with Gasteiger partial charge in [-0.2, -0.15) is 0 Å². The number of fused-ring (bicyclic) bond motifs is 2. The predicted molar refractivity (Wildman–Crippen MR) is 88.2 cm³/mol. The van der Waals surface area contributed by atoms with Crippen LogP contribution in [-0.4, -0.2) is 40.3 Å². The van der Waals surface area contributed by atoms with E-state index in [1.165, 1.54) is 0 Å². The summed E-state index contributed by atoms with van der Waals surface area (Å²) in [5.74, 6) is -3.00. The quantitative estimate of drug-likeness (QED) is 0.649. The lowest BCUT2D eigenvalue weighted by molar-refractivity contribution is -0.422. The van der Waals surface area contributed by atoms with E-state index in [0.29, 0.717) is 18.4 Å². The fourth-order valence-corrected chi connectivity index (χ4v) is 7.16. The molecule has 2 N–H and O–H groups in total. The second kappa shape index (κ2) is 4.16. The van der Waals surface area contributed by atoms with Crippen LogP contribution in [0.1, 0.15) is 33.1 Å². The van der Waals surface area contributed by atoms with Crippen LogP contribution in [0.25, 0.3) is 0 Å². The zero-order valence-corrected chi connectivity index (χ0v) is 14.6. The summed E-state index contributed by atoms with van der Waals surface area (Å²) >= 11 is 0. The average Bonchev–Trinajstić information content (AvgIpc) is 2.75. The van der Waals surface area contributed by atoms with Crippen LogP contribution in [0.3, 0.4) is 0 Å². The standard InChI is InChI=1S/C20H24O5/c1-10-11-4-5-12-18-9-25-20(24,19(12,8-11)15(10)22)16(23)14(18)17(2,3)7-6-13(18)21/h6-7,11-12,14,16,23-24H,1,4-5,8-9H2,2-3H3/t11?,12?,14?,16?,18-,19+,20-/m1/s1. The molecule has 0 aromatic heterocycles. The molecule has 5 heteroatoms. The van der Waals surface area contributed by atoms with Gasteiger partial charge in [0.05, 0.1) is 17.4 Å². The van der Waals surface area contributed by atoms with Crippen molar-refractivity contribution in [2.45, 2.75) is 45.0 Å². The summed E-state index contributed by atoms with van der Waals surface area (Å²) in [6.07, 6.45) is 4.04. The molecule has 5 fully saturated rings. The van der Waals surface area contributed by atoms with Crippen molar-refractivity contribution in [2.75, 3.05) is 6.61 Å². The second-order valence-corrected chi connectivity index (χ2v) is 9.32. The van der Waals surface area contributed by atoms with Gasteiger partial charge in [-0.25, -0.2) is 0 Å². The minimum Gasteiger partial charge on any atom is -0.387 e. The number of carbonyl (C=O) groups excluding carboxylic acids is 2. The van der Waals surface area contributed by atoms with Gasteiger partial charge in [-0.3, -0.25) is 9.59 Å². The molecule has 0 amide bonds. The highest BCUT2D eigenvalue weighted by Gasteiger charge is 2.84. The van der Waals surface area contributed by atoms with E-state index in [2.05, 4.69) is 6.58 Å². The molecule has 2 aliphatic heterocycles. The average molecular weight is 344 g/mol. The van der Waals surface area contributed by atoms with Crippen molar-refractivity contribution in [2.24, 2.45) is 34.0 Å². The Morgan fingerprint density at radius 3 is 2.72 bits per heavy atom. The van der Waals surface area contributed by atoms with Crippen LogP contribution in [0.2, 0.25) is 0 Å². The molecule has 2 spiro atoms. The number of allylic oxidation sites excluding steroid dienone is 3. The van der Waals surface area contributed by atoms with Crippen LogP contribution in [-0.2, 0) is 14.3 Å². The van der Waals surface area contributed by atoms with Crippen LogP contribution < -0.4 is 0 Å². The summed E-state index contributed by atoms with van der Waals surface area (Å²) in [7, 11) is 0. The summed E-state index contributed by atoms with van der Waals surface area (Å²) in [6.45, 7) is 7.97. The molecular formula is C20H24O5. The summed E-state index contributed by atoms with van der Waals surface area (Å²) in [4.78, 5) is 26.4. The number of rotatable bonds is 0. The van der Waals surface area contributed by atoms with Crippen molar-refractivity contribution >= 4 is 11.6 Å². The maximum atomic E-state index is 13.2. The minimum atomic E-state index is -1.94. The zero-order valence-electron chi connectivity index (χ0n) is 14.6. The second-order valence-electron chi connectivity index (χ2n) is 9.32. The maximum Gasteiger partial charge on any atom is 0.205 e. The van der Waals surface area contributed by atoms with Crippen molar-refractivity contribution in [3.8, 4) is 0 Å². The summed E-state index contributed by atoms with van der Waals surface area (Å²) in [5, 5.41) is 22.7. The molecule has 2 heterocycles. The predicted octanol–water partition coefficient (Wildman–Crippen LogP) is 1.39. The SMILES string of the molecule is C=C1C(=O)[C@]23CC1CCC2[C@@]12CO[C@]3(O)C(O)C1C(C)(C)C=CC2=O. The van der Waals surface area contributed by atoms with Gasteiger partial charge in [0.15, 0.2) is 11.6 Å². The van der Waals surface area contributed by atoms with Gasteiger partial charge >= 0.3 is 0 Å². The number of hydrogen-bond donors (Lipinski definition) is 2. The molecule has 2 saturated heterocycles. The molecule has 4 aliphatic carbocycles. The van der Waals surface area contributed by atoms with Gasteiger partial charge < -0.3 is 14.9 Å². The topological polar surface area (TPSA) is 83.8 Å². The van der Waals surface area contributed by atoms with Gasteiger partial charge in [0.2, 0.25) is 5.79 Å². The van der Waals surface area contributed by atoms with Crippen molar-refractivity contribution < 1.29 is 24.5 Å². The highest BCUT2D eigenvalue weighted by Crippen LogP contribution is 2.75. The van der Waals surface area contributed by atoms with Crippen LogP contribution in [0.15, 0.2) is 24.3 Å². The Kier molecular flexibility index (Phi) is 2.65. The molecule has 25 heavy (non-hydrogen) atoms. The maximum absolute atomic E-state index is 13.2. The van der Waals surface area contributed by atoms with Gasteiger partial charge in [-0.1, -0.05) is 26.5 Å². The van der Waals surface area contributed by atoms with Gasteiger partial charge in [-0.15, -0.1) is 0 Å². The van der Waals surface area contributed by atoms with E-state index in [1.807, 2.05) is 19.9 Å². The van der Waals surface area contributed by atoms with E-state index in [4.69, 9.17) is 4.74 Å². The van der Waals surface area contributed by atoms with Gasteiger partial charge in [-0.05, 0) is 48.2 Å². The number of aliphatic hydroxyl groups is 2. The van der Waals surface area contributed by atoms with Crippen LogP contribution in [0.4, 0.5) is 0 Å². The number of Topliss-reactive ketones (excluding diaryl/α,β-unsaturated/α-hetero) is 1. The Labute approximate surface area is 146 Å². The first-order valence-electron chi connectivity index (χ1n) is 9.14. The van der Waals surface area contributed by atoms with Crippen LogP contribution in [0, 0.1) is 34.0 Å². The third-order valence-corrected chi connectivity index (χ3v) is 8.14. The number of ether oxygens (including phenoxy) is 1. The summed E-state index contributed by atoms with van der Waals surface area (Å²) in [6, 6.07) is 0. The molecule has 6 rings (SSSR count). The smallest absolute Gasteiger partial charge is 0.205 e. The van der Waals surface area contributed by atoms with E-state index in [1.54, 1.807) is 6.08 Å². The normalized spacial score (nSPS) is 55.3. The number of hydrogen-bond acceptors (Lipinski definition) is 5. The zero-order chi connectivity index (χ0) is 18.0. The first-order valence-corrected chi connectivity index (χ1v) is 9.14. The molecule has 4 unspecified atom stereocenters. The monoisotopic (exact) mass is 344 g/mol. The molecule has 0 aromatic carbocycles. The molecule has 0 radical (unpaired) electrons. The lowest BCUT2D eigenvalue weighted by atomic mass is 9.37. The summed E-state index contributed by atoms with van der Waals surface area (Å²) in [5.41, 5.74) is -2.14. The van der Waals surface area contributed by atoms with Gasteiger partial charge in [0.25, 0.3) is 0 Å². The van der Waals surface area contributed by atoms with E-state index >= 15 is 0 Å². The van der Waals surface area contributed by atoms with Crippen molar-refractivity contribution in [1.82, 2.24) is 0 Å². The fourth-order valence-electron chi connectivity index (χ4n) is 7.16. The van der Waals surface area contributed by atoms with E-state index < -0.39 is 34.1 Å². The first kappa shape index (κ1) is 15.9. The van der Waals surface area contributed by atoms with E-state index in [-0.39, 0.29) is 30.0 Å². The fraction of sp³-hybridized carbons (Fsp3) is 0.700. The van der Waals surface area contributed by atoms with Gasteiger partial charge in [0, 0.05) is 5.92 Å². The molecular weight excluding hydrogens is 320 g/mol. The Hall–Kier alpha value is -1.30. The van der Waals surface area contributed by atoms with Crippen molar-refractivity contribution in [3.05, 3.63) is 24.3 Å². The Balaban J connectivity index is 1.82. The largest absolute Gasteiger partial charge is 0.387 e. The molecule has 0 aromatic rings. The molecule has 7 atom stereocenters. The molecule has 6 aliphatic rings. The molecule has 134 valence electrons. The number of carbonyl (C=O) groups is 2. The molecule has 5 nitrogen and oxygen atoms in total. The van der Waals surface area contributed by atoms with E-state index in [9.17, 15) is 19.8 Å². The van der Waals surface area contributed by atoms with Crippen molar-refractivity contribution in [3.63, 3.8) is 0 Å². The van der Waals surface area contributed by atoms with Crippen LogP contribution >= 0.6 is 0 Å². The molecule has 3 saturated carbocycles. The first-order chi connectivity index (χ1) is 11.6. The minimum absolute atomic E-state index is 0.0139. The lowest BCUT2D eigenvalue weighted by Gasteiger charge is -2.71. The van der Waals surface area contributed by atoms with Gasteiger partial charge in [0.1, 0.15) is 6.10 Å².